The lowest BCUT2D eigenvalue weighted by atomic mass is 10.0. The van der Waals surface area contributed by atoms with Gasteiger partial charge in [0.1, 0.15) is 11.9 Å². The van der Waals surface area contributed by atoms with E-state index in [2.05, 4.69) is 9.69 Å². The molecule has 1 aliphatic carbocycles. The third-order valence-corrected chi connectivity index (χ3v) is 7.37. The number of anilines is 1. The minimum Gasteiger partial charge on any atom is -0.478 e. The number of aliphatic carboxylic acids is 1. The Bertz CT molecular complexity index is 1410. The molecule has 0 radical (unpaired) electrons. The standard InChI is InChI=1S/C29H26N2O5S/c1-18-25(30-28(34)35-19(2)20-6-4-3-5-7-20)26(37-31-18)23-10-8-21(9-11-23)22-12-14-24(15-13-22)36-29(16-17-29)27(32)33/h3-15,19H,16-17H2,1-2H3,(H,30,34)(H,32,33)/t19-/m1/s1. The summed E-state index contributed by atoms with van der Waals surface area (Å²) in [6, 6.07) is 25.0. The molecule has 37 heavy (non-hydrogen) atoms. The van der Waals surface area contributed by atoms with Crippen molar-refractivity contribution in [3.05, 3.63) is 90.1 Å². The molecule has 1 aliphatic rings. The van der Waals surface area contributed by atoms with Crippen molar-refractivity contribution >= 4 is 29.3 Å². The predicted octanol–water partition coefficient (Wildman–Crippen LogP) is 7.09. The van der Waals surface area contributed by atoms with Crippen LogP contribution in [0.2, 0.25) is 0 Å². The third-order valence-electron chi connectivity index (χ3n) is 6.38. The molecule has 1 saturated carbocycles. The van der Waals surface area contributed by atoms with Crippen molar-refractivity contribution in [3.63, 3.8) is 0 Å². The molecular weight excluding hydrogens is 488 g/mol. The third kappa shape index (κ3) is 5.34. The van der Waals surface area contributed by atoms with Gasteiger partial charge in [0, 0.05) is 12.8 Å². The van der Waals surface area contributed by atoms with Crippen LogP contribution >= 0.6 is 11.5 Å². The lowest BCUT2D eigenvalue weighted by Crippen LogP contribution is -2.28. The minimum atomic E-state index is -1.06. The summed E-state index contributed by atoms with van der Waals surface area (Å²) in [5.41, 5.74) is 4.13. The number of benzene rings is 3. The summed E-state index contributed by atoms with van der Waals surface area (Å²) in [6.07, 6.45) is 0.147. The molecule has 1 amide bonds. The molecule has 3 aromatic carbocycles. The van der Waals surface area contributed by atoms with Crippen molar-refractivity contribution in [2.75, 3.05) is 5.32 Å². The summed E-state index contributed by atoms with van der Waals surface area (Å²) in [5, 5.41) is 12.2. The molecule has 2 N–H and O–H groups in total. The number of carbonyl (C=O) groups excluding carboxylic acids is 1. The van der Waals surface area contributed by atoms with E-state index in [0.717, 1.165) is 32.8 Å². The number of aryl methyl sites for hydroxylation is 1. The Morgan fingerprint density at radius 1 is 0.946 bits per heavy atom. The zero-order chi connectivity index (χ0) is 26.0. The second-order valence-electron chi connectivity index (χ2n) is 9.06. The quantitative estimate of drug-likeness (QED) is 0.260. The van der Waals surface area contributed by atoms with Crippen molar-refractivity contribution in [3.8, 4) is 27.3 Å². The SMILES string of the molecule is Cc1nsc(-c2ccc(-c3ccc(OC4(C(=O)O)CC4)cc3)cc2)c1NC(=O)O[C@H](C)c1ccccc1. The second kappa shape index (κ2) is 10.1. The maximum Gasteiger partial charge on any atom is 0.412 e. The number of rotatable bonds is 8. The molecule has 1 aromatic heterocycles. The van der Waals surface area contributed by atoms with Gasteiger partial charge in [-0.25, -0.2) is 9.59 Å². The first-order valence-corrected chi connectivity index (χ1v) is 12.7. The number of carboxylic acids is 1. The van der Waals surface area contributed by atoms with E-state index < -0.39 is 17.7 Å². The van der Waals surface area contributed by atoms with Crippen LogP contribution in [0.3, 0.4) is 0 Å². The fourth-order valence-electron chi connectivity index (χ4n) is 4.03. The average molecular weight is 515 g/mol. The van der Waals surface area contributed by atoms with Crippen LogP contribution in [0, 0.1) is 6.92 Å². The predicted molar refractivity (Wildman–Crippen MR) is 143 cm³/mol. The number of amides is 1. The van der Waals surface area contributed by atoms with Crippen molar-refractivity contribution in [2.45, 2.75) is 38.4 Å². The Labute approximate surface area is 218 Å². The van der Waals surface area contributed by atoms with E-state index in [-0.39, 0.29) is 6.10 Å². The van der Waals surface area contributed by atoms with E-state index in [1.165, 1.54) is 11.5 Å². The van der Waals surface area contributed by atoms with E-state index in [1.807, 2.05) is 80.6 Å². The van der Waals surface area contributed by atoms with Crippen molar-refractivity contribution in [2.24, 2.45) is 0 Å². The monoisotopic (exact) mass is 514 g/mol. The van der Waals surface area contributed by atoms with Gasteiger partial charge in [0.15, 0.2) is 0 Å². The second-order valence-corrected chi connectivity index (χ2v) is 9.83. The van der Waals surface area contributed by atoms with Crippen LogP contribution in [-0.4, -0.2) is 27.1 Å². The molecule has 0 unspecified atom stereocenters. The van der Waals surface area contributed by atoms with E-state index >= 15 is 0 Å². The van der Waals surface area contributed by atoms with Crippen LogP contribution < -0.4 is 10.1 Å². The molecule has 0 bridgehead atoms. The fraction of sp³-hybridized carbons (Fsp3) is 0.207. The van der Waals surface area contributed by atoms with Gasteiger partial charge in [-0.05, 0) is 59.8 Å². The highest BCUT2D eigenvalue weighted by Gasteiger charge is 2.53. The van der Waals surface area contributed by atoms with Crippen LogP contribution in [0.1, 0.15) is 37.1 Å². The summed E-state index contributed by atoms with van der Waals surface area (Å²) in [7, 11) is 0. The highest BCUT2D eigenvalue weighted by molar-refractivity contribution is 7.10. The van der Waals surface area contributed by atoms with E-state index in [1.54, 1.807) is 12.1 Å². The fourth-order valence-corrected chi connectivity index (χ4v) is 4.88. The molecule has 1 fully saturated rings. The number of nitrogens with zero attached hydrogens (tertiary/aromatic N) is 1. The molecule has 5 rings (SSSR count). The Morgan fingerprint density at radius 3 is 2.14 bits per heavy atom. The Hall–Kier alpha value is -4.17. The number of hydrogen-bond acceptors (Lipinski definition) is 6. The van der Waals surface area contributed by atoms with Gasteiger partial charge >= 0.3 is 12.1 Å². The van der Waals surface area contributed by atoms with Gasteiger partial charge in [0.25, 0.3) is 0 Å². The number of carbonyl (C=O) groups is 2. The van der Waals surface area contributed by atoms with Gasteiger partial charge in [-0.2, -0.15) is 4.37 Å². The van der Waals surface area contributed by atoms with Crippen LogP contribution in [0.25, 0.3) is 21.6 Å². The van der Waals surface area contributed by atoms with Crippen LogP contribution in [-0.2, 0) is 9.53 Å². The molecule has 7 nitrogen and oxygen atoms in total. The summed E-state index contributed by atoms with van der Waals surface area (Å²) >= 11 is 1.32. The van der Waals surface area contributed by atoms with Crippen LogP contribution in [0.5, 0.6) is 5.75 Å². The Kier molecular flexibility index (Phi) is 6.67. The Morgan fingerprint density at radius 2 is 1.54 bits per heavy atom. The highest BCUT2D eigenvalue weighted by Crippen LogP contribution is 2.41. The number of nitrogens with one attached hydrogen (secondary N) is 1. The van der Waals surface area contributed by atoms with E-state index in [0.29, 0.717) is 24.3 Å². The van der Waals surface area contributed by atoms with Gasteiger partial charge in [0.2, 0.25) is 5.60 Å². The first-order valence-electron chi connectivity index (χ1n) is 12.0. The summed E-state index contributed by atoms with van der Waals surface area (Å²) in [6.45, 7) is 3.69. The number of hydrogen-bond donors (Lipinski definition) is 2. The highest BCUT2D eigenvalue weighted by atomic mass is 32.1. The zero-order valence-corrected chi connectivity index (χ0v) is 21.2. The van der Waals surface area contributed by atoms with E-state index in [4.69, 9.17) is 9.47 Å². The van der Waals surface area contributed by atoms with Gasteiger partial charge in [-0.3, -0.25) is 5.32 Å². The topological polar surface area (TPSA) is 97.8 Å². The summed E-state index contributed by atoms with van der Waals surface area (Å²) in [5.74, 6) is -0.372. The molecule has 0 spiro atoms. The van der Waals surface area contributed by atoms with Gasteiger partial charge < -0.3 is 14.6 Å². The maximum absolute atomic E-state index is 12.6. The van der Waals surface area contributed by atoms with Gasteiger partial charge in [0.05, 0.1) is 16.3 Å². The molecule has 188 valence electrons. The van der Waals surface area contributed by atoms with Crippen molar-refractivity contribution < 1.29 is 24.2 Å². The summed E-state index contributed by atoms with van der Waals surface area (Å²) < 4.78 is 15.7. The molecule has 1 atom stereocenters. The van der Waals surface area contributed by atoms with Crippen LogP contribution in [0.4, 0.5) is 10.5 Å². The Balaban J connectivity index is 1.27. The average Bonchev–Trinajstić information content (AvgIpc) is 3.61. The zero-order valence-electron chi connectivity index (χ0n) is 20.4. The first kappa shape index (κ1) is 24.5. The number of ether oxygens (including phenoxy) is 2. The maximum atomic E-state index is 12.6. The van der Waals surface area contributed by atoms with E-state index in [9.17, 15) is 14.7 Å². The lowest BCUT2D eigenvalue weighted by molar-refractivity contribution is -0.147. The number of aromatic nitrogens is 1. The summed E-state index contributed by atoms with van der Waals surface area (Å²) in [4.78, 5) is 24.8. The lowest BCUT2D eigenvalue weighted by Gasteiger charge is -2.15. The normalized spacial score (nSPS) is 14.4. The molecule has 8 heteroatoms. The molecular formula is C29H26N2O5S. The number of carboxylic acid groups (broad SMARTS) is 1. The van der Waals surface area contributed by atoms with Crippen molar-refractivity contribution in [1.82, 2.24) is 4.37 Å². The van der Waals surface area contributed by atoms with Gasteiger partial charge in [-0.1, -0.05) is 66.7 Å². The molecule has 1 heterocycles. The minimum absolute atomic E-state index is 0.383. The molecule has 4 aromatic rings. The largest absolute Gasteiger partial charge is 0.478 e. The first-order chi connectivity index (χ1) is 17.8. The molecule has 0 aliphatic heterocycles. The van der Waals surface area contributed by atoms with Crippen LogP contribution in [0.15, 0.2) is 78.9 Å². The molecule has 0 saturated heterocycles. The smallest absolute Gasteiger partial charge is 0.412 e. The van der Waals surface area contributed by atoms with Gasteiger partial charge in [-0.15, -0.1) is 0 Å². The van der Waals surface area contributed by atoms with Crippen molar-refractivity contribution in [1.29, 1.82) is 0 Å².